The van der Waals surface area contributed by atoms with Crippen LogP contribution in [-0.2, 0) is 14.8 Å². The zero-order valence-corrected chi connectivity index (χ0v) is 18.7. The molecule has 0 radical (unpaired) electrons. The second-order valence-electron chi connectivity index (χ2n) is 8.48. The number of benzene rings is 3. The average Bonchev–Trinajstić information content (AvgIpc) is 2.79. The van der Waals surface area contributed by atoms with E-state index in [4.69, 9.17) is 0 Å². The predicted octanol–water partition coefficient (Wildman–Crippen LogP) is 5.00. The highest BCUT2D eigenvalue weighted by Crippen LogP contribution is 2.27. The lowest BCUT2D eigenvalue weighted by molar-refractivity contribution is -0.120. The molecule has 6 heteroatoms. The van der Waals surface area contributed by atoms with Crippen molar-refractivity contribution in [2.75, 3.05) is 18.4 Å². The average molecular weight is 437 g/mol. The lowest BCUT2D eigenvalue weighted by Gasteiger charge is -2.31. The summed E-state index contributed by atoms with van der Waals surface area (Å²) in [5, 5.41) is 4.84. The van der Waals surface area contributed by atoms with Gasteiger partial charge >= 0.3 is 0 Å². The molecule has 1 N–H and O–H groups in total. The SMILES string of the molecule is CC(C)c1ccc(NC(=O)[C@@H]2CCCN(S(=O)(=O)c3ccc4ccccc4c3)C2)cc1. The molecule has 162 valence electrons. The van der Waals surface area contributed by atoms with Crippen molar-refractivity contribution >= 4 is 32.4 Å². The Balaban J connectivity index is 1.48. The third-order valence-electron chi connectivity index (χ3n) is 5.96. The summed E-state index contributed by atoms with van der Waals surface area (Å²) >= 11 is 0. The van der Waals surface area contributed by atoms with E-state index >= 15 is 0 Å². The highest BCUT2D eigenvalue weighted by Gasteiger charge is 2.33. The maximum Gasteiger partial charge on any atom is 0.243 e. The van der Waals surface area contributed by atoms with E-state index in [0.717, 1.165) is 16.5 Å². The number of carbonyl (C=O) groups excluding carboxylic acids is 1. The number of carbonyl (C=O) groups is 1. The number of sulfonamides is 1. The molecule has 0 aliphatic carbocycles. The molecule has 1 heterocycles. The van der Waals surface area contributed by atoms with Crippen molar-refractivity contribution in [3.63, 3.8) is 0 Å². The third-order valence-corrected chi connectivity index (χ3v) is 7.82. The van der Waals surface area contributed by atoms with Crippen LogP contribution in [0.15, 0.2) is 71.6 Å². The van der Waals surface area contributed by atoms with E-state index in [2.05, 4.69) is 19.2 Å². The van der Waals surface area contributed by atoms with Crippen LogP contribution in [0.3, 0.4) is 0 Å². The minimum Gasteiger partial charge on any atom is -0.326 e. The van der Waals surface area contributed by atoms with Crippen LogP contribution in [0.5, 0.6) is 0 Å². The first-order valence-electron chi connectivity index (χ1n) is 10.7. The second kappa shape index (κ2) is 8.81. The Hall–Kier alpha value is -2.70. The summed E-state index contributed by atoms with van der Waals surface area (Å²) in [5.74, 6) is -0.0681. The quantitative estimate of drug-likeness (QED) is 0.612. The van der Waals surface area contributed by atoms with Crippen LogP contribution in [0.1, 0.15) is 38.2 Å². The van der Waals surface area contributed by atoms with E-state index in [-0.39, 0.29) is 23.3 Å². The normalized spacial score (nSPS) is 17.7. The van der Waals surface area contributed by atoms with Crippen LogP contribution in [0, 0.1) is 5.92 Å². The number of nitrogens with zero attached hydrogens (tertiary/aromatic N) is 1. The maximum atomic E-state index is 13.3. The van der Waals surface area contributed by atoms with Crippen LogP contribution < -0.4 is 5.32 Å². The molecule has 0 saturated carbocycles. The fourth-order valence-corrected chi connectivity index (χ4v) is 5.61. The van der Waals surface area contributed by atoms with Gasteiger partial charge in [0.15, 0.2) is 0 Å². The van der Waals surface area contributed by atoms with Gasteiger partial charge in [-0.1, -0.05) is 56.3 Å². The van der Waals surface area contributed by atoms with E-state index < -0.39 is 10.0 Å². The Morgan fingerprint density at radius 1 is 1.00 bits per heavy atom. The molecule has 3 aromatic carbocycles. The largest absolute Gasteiger partial charge is 0.326 e. The number of nitrogens with one attached hydrogen (secondary N) is 1. The molecule has 1 saturated heterocycles. The van der Waals surface area contributed by atoms with Gasteiger partial charge in [0.25, 0.3) is 0 Å². The van der Waals surface area contributed by atoms with Crippen molar-refractivity contribution in [2.45, 2.75) is 37.5 Å². The third kappa shape index (κ3) is 4.65. The van der Waals surface area contributed by atoms with Gasteiger partial charge in [-0.05, 0) is 59.4 Å². The van der Waals surface area contributed by atoms with Crippen LogP contribution in [0.2, 0.25) is 0 Å². The van der Waals surface area contributed by atoms with Crippen LogP contribution in [0.25, 0.3) is 10.8 Å². The highest BCUT2D eigenvalue weighted by atomic mass is 32.2. The minimum atomic E-state index is -3.65. The van der Waals surface area contributed by atoms with Gasteiger partial charge in [-0.15, -0.1) is 0 Å². The van der Waals surface area contributed by atoms with Crippen LogP contribution in [-0.4, -0.2) is 31.7 Å². The van der Waals surface area contributed by atoms with Gasteiger partial charge in [0.2, 0.25) is 15.9 Å². The molecule has 1 fully saturated rings. The lowest BCUT2D eigenvalue weighted by atomic mass is 9.98. The first-order chi connectivity index (χ1) is 14.8. The van der Waals surface area contributed by atoms with Crippen molar-refractivity contribution in [3.8, 4) is 0 Å². The van der Waals surface area contributed by atoms with Gasteiger partial charge in [-0.25, -0.2) is 8.42 Å². The fraction of sp³-hybridized carbons (Fsp3) is 0.320. The van der Waals surface area contributed by atoms with Gasteiger partial charge < -0.3 is 5.32 Å². The number of hydrogen-bond acceptors (Lipinski definition) is 3. The number of amides is 1. The monoisotopic (exact) mass is 436 g/mol. The maximum absolute atomic E-state index is 13.3. The smallest absolute Gasteiger partial charge is 0.243 e. The second-order valence-corrected chi connectivity index (χ2v) is 10.4. The van der Waals surface area contributed by atoms with Crippen molar-refractivity contribution < 1.29 is 13.2 Å². The molecule has 1 atom stereocenters. The summed E-state index contributed by atoms with van der Waals surface area (Å²) in [6.45, 7) is 4.88. The standard InChI is InChI=1S/C25H28N2O3S/c1-18(2)19-9-12-23(13-10-19)26-25(28)22-8-5-15-27(17-22)31(29,30)24-14-11-20-6-3-4-7-21(20)16-24/h3-4,6-7,9-14,16,18,22H,5,8,15,17H2,1-2H3,(H,26,28)/t22-/m1/s1. The number of hydrogen-bond donors (Lipinski definition) is 1. The Morgan fingerprint density at radius 3 is 2.42 bits per heavy atom. The summed E-state index contributed by atoms with van der Waals surface area (Å²) in [7, 11) is -3.65. The van der Waals surface area contributed by atoms with Gasteiger partial charge in [0, 0.05) is 18.8 Å². The van der Waals surface area contributed by atoms with Crippen molar-refractivity contribution in [1.82, 2.24) is 4.31 Å². The van der Waals surface area contributed by atoms with Crippen molar-refractivity contribution in [1.29, 1.82) is 0 Å². The van der Waals surface area contributed by atoms with E-state index in [1.165, 1.54) is 9.87 Å². The minimum absolute atomic E-state index is 0.129. The molecule has 1 aliphatic heterocycles. The molecule has 1 aliphatic rings. The van der Waals surface area contributed by atoms with E-state index in [1.807, 2.05) is 54.6 Å². The molecule has 1 amide bonds. The molecule has 0 aromatic heterocycles. The molecule has 4 rings (SSSR count). The molecule has 5 nitrogen and oxygen atoms in total. The zero-order chi connectivity index (χ0) is 22.0. The molecular formula is C25H28N2O3S. The van der Waals surface area contributed by atoms with Crippen LogP contribution in [0.4, 0.5) is 5.69 Å². The van der Waals surface area contributed by atoms with E-state index in [1.54, 1.807) is 12.1 Å². The Labute approximate surface area is 184 Å². The van der Waals surface area contributed by atoms with Crippen molar-refractivity contribution in [2.24, 2.45) is 5.92 Å². The molecule has 0 unspecified atom stereocenters. The summed E-state index contributed by atoms with van der Waals surface area (Å²) < 4.78 is 28.0. The number of piperidine rings is 1. The number of anilines is 1. The summed E-state index contributed by atoms with van der Waals surface area (Å²) in [4.78, 5) is 13.1. The number of rotatable bonds is 5. The van der Waals surface area contributed by atoms with E-state index in [0.29, 0.717) is 25.3 Å². The van der Waals surface area contributed by atoms with Gasteiger partial charge in [-0.3, -0.25) is 4.79 Å². The Kier molecular flexibility index (Phi) is 6.12. The predicted molar refractivity (Wildman–Crippen MR) is 125 cm³/mol. The molecule has 0 spiro atoms. The first kappa shape index (κ1) is 21.5. The zero-order valence-electron chi connectivity index (χ0n) is 17.9. The number of fused-ring (bicyclic) bond motifs is 1. The molecule has 0 bridgehead atoms. The Bertz CT molecular complexity index is 1190. The van der Waals surface area contributed by atoms with E-state index in [9.17, 15) is 13.2 Å². The van der Waals surface area contributed by atoms with Crippen LogP contribution >= 0.6 is 0 Å². The van der Waals surface area contributed by atoms with Gasteiger partial charge in [0.05, 0.1) is 10.8 Å². The molecular weight excluding hydrogens is 408 g/mol. The van der Waals surface area contributed by atoms with Gasteiger partial charge in [0.1, 0.15) is 0 Å². The van der Waals surface area contributed by atoms with Gasteiger partial charge in [-0.2, -0.15) is 4.31 Å². The fourth-order valence-electron chi connectivity index (χ4n) is 4.05. The molecule has 3 aromatic rings. The van der Waals surface area contributed by atoms with Crippen molar-refractivity contribution in [3.05, 3.63) is 72.3 Å². The first-order valence-corrected chi connectivity index (χ1v) is 12.2. The summed E-state index contributed by atoms with van der Waals surface area (Å²) in [6, 6.07) is 20.7. The summed E-state index contributed by atoms with van der Waals surface area (Å²) in [5.41, 5.74) is 1.95. The summed E-state index contributed by atoms with van der Waals surface area (Å²) in [6.07, 6.45) is 1.34. The highest BCUT2D eigenvalue weighted by molar-refractivity contribution is 7.89. The lowest BCUT2D eigenvalue weighted by Crippen LogP contribution is -2.43. The molecule has 31 heavy (non-hydrogen) atoms. The Morgan fingerprint density at radius 2 is 1.71 bits per heavy atom. The topological polar surface area (TPSA) is 66.5 Å².